The first-order valence-corrected chi connectivity index (χ1v) is 7.43. The molecule has 22 heavy (non-hydrogen) atoms. The molecule has 0 aliphatic carbocycles. The Balaban J connectivity index is 1.78. The summed E-state index contributed by atoms with van der Waals surface area (Å²) in [5.41, 5.74) is 0.445. The topological polar surface area (TPSA) is 59.1 Å². The SMILES string of the molecule is COC(=O)c1ccccc1OCCN1CCN(CC=O)CC1. The standard InChI is InChI=1S/C16H22N2O4/c1-21-16(20)14-4-2-3-5-15(14)22-13-11-18-8-6-17(7-9-18)10-12-19/h2-5,12H,6-11,13H2,1H3. The molecule has 1 aliphatic rings. The maximum atomic E-state index is 11.7. The summed E-state index contributed by atoms with van der Waals surface area (Å²) < 4.78 is 10.5. The lowest BCUT2D eigenvalue weighted by atomic mass is 10.2. The van der Waals surface area contributed by atoms with Crippen molar-refractivity contribution in [2.24, 2.45) is 0 Å². The molecule has 1 fully saturated rings. The zero-order valence-electron chi connectivity index (χ0n) is 12.9. The monoisotopic (exact) mass is 306 g/mol. The molecule has 0 radical (unpaired) electrons. The first-order valence-electron chi connectivity index (χ1n) is 7.43. The van der Waals surface area contributed by atoms with Crippen LogP contribution in [0, 0.1) is 0 Å². The van der Waals surface area contributed by atoms with Gasteiger partial charge in [-0.2, -0.15) is 0 Å². The number of nitrogens with zero attached hydrogens (tertiary/aromatic N) is 2. The third-order valence-corrected chi connectivity index (χ3v) is 3.76. The Hall–Kier alpha value is -1.92. The van der Waals surface area contributed by atoms with Gasteiger partial charge in [0, 0.05) is 32.7 Å². The van der Waals surface area contributed by atoms with Gasteiger partial charge in [-0.05, 0) is 12.1 Å². The van der Waals surface area contributed by atoms with Gasteiger partial charge < -0.3 is 14.3 Å². The van der Waals surface area contributed by atoms with E-state index in [0.717, 1.165) is 39.0 Å². The van der Waals surface area contributed by atoms with Crippen LogP contribution in [-0.4, -0.2) is 75.0 Å². The van der Waals surface area contributed by atoms with E-state index in [-0.39, 0.29) is 0 Å². The third kappa shape index (κ3) is 4.54. The van der Waals surface area contributed by atoms with E-state index in [1.54, 1.807) is 18.2 Å². The molecule has 0 bridgehead atoms. The van der Waals surface area contributed by atoms with Crippen LogP contribution < -0.4 is 4.74 Å². The van der Waals surface area contributed by atoms with Crippen molar-refractivity contribution in [1.82, 2.24) is 9.80 Å². The Morgan fingerprint density at radius 1 is 1.18 bits per heavy atom. The second-order valence-corrected chi connectivity index (χ2v) is 5.15. The zero-order valence-corrected chi connectivity index (χ0v) is 12.9. The number of ether oxygens (including phenoxy) is 2. The van der Waals surface area contributed by atoms with Gasteiger partial charge in [-0.15, -0.1) is 0 Å². The zero-order chi connectivity index (χ0) is 15.8. The summed E-state index contributed by atoms with van der Waals surface area (Å²) in [6.45, 7) is 5.48. The minimum absolute atomic E-state index is 0.391. The van der Waals surface area contributed by atoms with Crippen LogP contribution in [0.4, 0.5) is 0 Å². The Morgan fingerprint density at radius 2 is 1.86 bits per heavy atom. The molecular weight excluding hydrogens is 284 g/mol. The van der Waals surface area contributed by atoms with Gasteiger partial charge in [0.2, 0.25) is 0 Å². The van der Waals surface area contributed by atoms with Crippen molar-refractivity contribution in [2.45, 2.75) is 0 Å². The number of rotatable bonds is 7. The summed E-state index contributed by atoms with van der Waals surface area (Å²) in [5, 5.41) is 0. The third-order valence-electron chi connectivity index (χ3n) is 3.76. The minimum Gasteiger partial charge on any atom is -0.491 e. The van der Waals surface area contributed by atoms with Crippen LogP contribution in [0.1, 0.15) is 10.4 Å². The van der Waals surface area contributed by atoms with Crippen LogP contribution in [0.25, 0.3) is 0 Å². The van der Waals surface area contributed by atoms with E-state index < -0.39 is 5.97 Å². The molecule has 1 saturated heterocycles. The number of hydrogen-bond acceptors (Lipinski definition) is 6. The van der Waals surface area contributed by atoms with E-state index in [1.807, 2.05) is 6.07 Å². The Kier molecular flexibility index (Phi) is 6.36. The van der Waals surface area contributed by atoms with Gasteiger partial charge in [0.15, 0.2) is 0 Å². The number of esters is 1. The van der Waals surface area contributed by atoms with Gasteiger partial charge in [-0.1, -0.05) is 12.1 Å². The number of para-hydroxylation sites is 1. The van der Waals surface area contributed by atoms with Crippen LogP contribution in [0.2, 0.25) is 0 Å². The van der Waals surface area contributed by atoms with E-state index in [4.69, 9.17) is 9.47 Å². The molecule has 6 nitrogen and oxygen atoms in total. The highest BCUT2D eigenvalue weighted by Crippen LogP contribution is 2.18. The van der Waals surface area contributed by atoms with Gasteiger partial charge >= 0.3 is 5.97 Å². The summed E-state index contributed by atoms with van der Waals surface area (Å²) in [6, 6.07) is 7.08. The fraction of sp³-hybridized carbons (Fsp3) is 0.500. The molecule has 0 aromatic heterocycles. The highest BCUT2D eigenvalue weighted by atomic mass is 16.5. The number of benzene rings is 1. The number of carbonyl (C=O) groups is 2. The number of carbonyl (C=O) groups excluding carboxylic acids is 2. The summed E-state index contributed by atoms with van der Waals surface area (Å²) in [4.78, 5) is 26.6. The van der Waals surface area contributed by atoms with E-state index in [9.17, 15) is 9.59 Å². The lowest BCUT2D eigenvalue weighted by Crippen LogP contribution is -2.47. The molecule has 0 unspecified atom stereocenters. The lowest BCUT2D eigenvalue weighted by Gasteiger charge is -2.33. The van der Waals surface area contributed by atoms with E-state index in [2.05, 4.69) is 9.80 Å². The molecule has 6 heteroatoms. The molecule has 120 valence electrons. The molecule has 0 saturated carbocycles. The molecule has 0 N–H and O–H groups in total. The molecule has 1 heterocycles. The van der Waals surface area contributed by atoms with Crippen molar-refractivity contribution in [3.05, 3.63) is 29.8 Å². The second kappa shape index (κ2) is 8.51. The minimum atomic E-state index is -0.391. The molecular formula is C16H22N2O4. The van der Waals surface area contributed by atoms with Crippen molar-refractivity contribution in [2.75, 3.05) is 53.0 Å². The maximum absolute atomic E-state index is 11.7. The first-order chi connectivity index (χ1) is 10.7. The molecule has 1 aliphatic heterocycles. The average Bonchev–Trinajstić information content (AvgIpc) is 2.56. The molecule has 0 amide bonds. The molecule has 1 aromatic carbocycles. The maximum Gasteiger partial charge on any atom is 0.341 e. The van der Waals surface area contributed by atoms with Crippen LogP contribution >= 0.6 is 0 Å². The fourth-order valence-corrected chi connectivity index (χ4v) is 2.46. The summed E-state index contributed by atoms with van der Waals surface area (Å²) in [6.07, 6.45) is 0.947. The second-order valence-electron chi connectivity index (χ2n) is 5.15. The van der Waals surface area contributed by atoms with Gasteiger partial charge in [0.1, 0.15) is 24.2 Å². The molecule has 0 atom stereocenters. The van der Waals surface area contributed by atoms with Crippen molar-refractivity contribution in [3.63, 3.8) is 0 Å². The number of methoxy groups -OCH3 is 1. The van der Waals surface area contributed by atoms with Crippen molar-refractivity contribution in [1.29, 1.82) is 0 Å². The average molecular weight is 306 g/mol. The van der Waals surface area contributed by atoms with Gasteiger partial charge in [-0.3, -0.25) is 9.80 Å². The Morgan fingerprint density at radius 3 is 2.55 bits per heavy atom. The van der Waals surface area contributed by atoms with Crippen molar-refractivity contribution in [3.8, 4) is 5.75 Å². The molecule has 0 spiro atoms. The van der Waals surface area contributed by atoms with Gasteiger partial charge in [0.05, 0.1) is 13.7 Å². The van der Waals surface area contributed by atoms with Crippen molar-refractivity contribution >= 4 is 12.3 Å². The number of piperazine rings is 1. The summed E-state index contributed by atoms with van der Waals surface area (Å²) >= 11 is 0. The number of hydrogen-bond donors (Lipinski definition) is 0. The predicted molar refractivity (Wildman–Crippen MR) is 82.2 cm³/mol. The molecule has 2 rings (SSSR count). The van der Waals surface area contributed by atoms with Crippen LogP contribution in [0.5, 0.6) is 5.75 Å². The smallest absolute Gasteiger partial charge is 0.341 e. The lowest BCUT2D eigenvalue weighted by molar-refractivity contribution is -0.109. The molecule has 1 aromatic rings. The van der Waals surface area contributed by atoms with Gasteiger partial charge in [-0.25, -0.2) is 4.79 Å². The van der Waals surface area contributed by atoms with E-state index >= 15 is 0 Å². The Labute approximate surface area is 130 Å². The highest BCUT2D eigenvalue weighted by Gasteiger charge is 2.17. The highest BCUT2D eigenvalue weighted by molar-refractivity contribution is 5.92. The van der Waals surface area contributed by atoms with Crippen LogP contribution in [-0.2, 0) is 9.53 Å². The van der Waals surface area contributed by atoms with Gasteiger partial charge in [0.25, 0.3) is 0 Å². The largest absolute Gasteiger partial charge is 0.491 e. The van der Waals surface area contributed by atoms with E-state index in [0.29, 0.717) is 24.5 Å². The summed E-state index contributed by atoms with van der Waals surface area (Å²) in [7, 11) is 1.36. The van der Waals surface area contributed by atoms with E-state index in [1.165, 1.54) is 7.11 Å². The fourth-order valence-electron chi connectivity index (χ4n) is 2.46. The summed E-state index contributed by atoms with van der Waals surface area (Å²) in [5.74, 6) is 0.159. The Bertz CT molecular complexity index is 499. The quantitative estimate of drug-likeness (QED) is 0.545. The van der Waals surface area contributed by atoms with Crippen LogP contribution in [0.15, 0.2) is 24.3 Å². The van der Waals surface area contributed by atoms with Crippen LogP contribution in [0.3, 0.4) is 0 Å². The number of aldehydes is 1. The normalized spacial score (nSPS) is 16.2. The predicted octanol–water partition coefficient (Wildman–Crippen LogP) is 0.668. The first kappa shape index (κ1) is 16.5. The van der Waals surface area contributed by atoms with Crippen molar-refractivity contribution < 1.29 is 19.1 Å².